The number of benzene rings is 1. The molecule has 2 fully saturated rings. The monoisotopic (exact) mass is 320 g/mol. The molecule has 0 bridgehead atoms. The molecule has 0 amide bonds. The molecule has 122 valence electrons. The van der Waals surface area contributed by atoms with Crippen molar-refractivity contribution < 1.29 is 4.74 Å². The predicted octanol–water partition coefficient (Wildman–Crippen LogP) is 2.60. The third kappa shape index (κ3) is 3.85. The summed E-state index contributed by atoms with van der Waals surface area (Å²) in [5, 5.41) is 3.74. The average Bonchev–Trinajstić information content (AvgIpc) is 2.97. The summed E-state index contributed by atoms with van der Waals surface area (Å²) in [5.41, 5.74) is 4.46. The summed E-state index contributed by atoms with van der Waals surface area (Å²) in [6.45, 7) is 10.4. The number of thioether (sulfide) groups is 1. The van der Waals surface area contributed by atoms with Gasteiger partial charge in [-0.25, -0.2) is 0 Å². The van der Waals surface area contributed by atoms with Crippen LogP contribution in [0.25, 0.3) is 0 Å². The third-order valence-electron chi connectivity index (χ3n) is 4.83. The topological polar surface area (TPSA) is 24.5 Å². The maximum Gasteiger partial charge on any atom is 0.0594 e. The van der Waals surface area contributed by atoms with Gasteiger partial charge in [0.1, 0.15) is 0 Å². The zero-order valence-corrected chi connectivity index (χ0v) is 14.7. The molecule has 2 aliphatic rings. The Balaban J connectivity index is 1.59. The van der Waals surface area contributed by atoms with E-state index in [4.69, 9.17) is 4.74 Å². The highest BCUT2D eigenvalue weighted by Gasteiger charge is 2.40. The molecule has 1 aromatic rings. The Hall–Kier alpha value is -0.550. The molecule has 0 saturated carbocycles. The van der Waals surface area contributed by atoms with Gasteiger partial charge < -0.3 is 10.1 Å². The number of aryl methyl sites for hydroxylation is 2. The summed E-state index contributed by atoms with van der Waals surface area (Å²) in [4.78, 5) is 2.67. The van der Waals surface area contributed by atoms with Crippen LogP contribution in [0.3, 0.4) is 0 Å². The van der Waals surface area contributed by atoms with Gasteiger partial charge in [0.05, 0.1) is 13.2 Å². The molecule has 1 atom stereocenters. The van der Waals surface area contributed by atoms with Gasteiger partial charge in [-0.2, -0.15) is 11.8 Å². The first-order chi connectivity index (χ1) is 10.7. The SMILES string of the molecule is Cc1cc(C)cc(CNCC2(N3CCOCC3)CCSC2)c1. The van der Waals surface area contributed by atoms with E-state index in [1.54, 1.807) is 0 Å². The fraction of sp³-hybridized carbons (Fsp3) is 0.667. The Morgan fingerprint density at radius 2 is 1.91 bits per heavy atom. The smallest absolute Gasteiger partial charge is 0.0594 e. The first-order valence-corrected chi connectivity index (χ1v) is 9.52. The minimum absolute atomic E-state index is 0.341. The number of morpholine rings is 1. The summed E-state index contributed by atoms with van der Waals surface area (Å²) < 4.78 is 5.54. The van der Waals surface area contributed by atoms with Gasteiger partial charge in [-0.1, -0.05) is 29.3 Å². The molecular formula is C18H28N2OS. The first-order valence-electron chi connectivity index (χ1n) is 8.36. The fourth-order valence-corrected chi connectivity index (χ4v) is 5.22. The average molecular weight is 321 g/mol. The van der Waals surface area contributed by atoms with E-state index in [0.717, 1.165) is 39.4 Å². The van der Waals surface area contributed by atoms with Crippen LogP contribution in [-0.2, 0) is 11.3 Å². The second-order valence-electron chi connectivity index (χ2n) is 6.73. The van der Waals surface area contributed by atoms with Gasteiger partial charge in [-0.15, -0.1) is 0 Å². The minimum atomic E-state index is 0.341. The van der Waals surface area contributed by atoms with Gasteiger partial charge in [-0.05, 0) is 31.6 Å². The van der Waals surface area contributed by atoms with Crippen LogP contribution in [0.2, 0.25) is 0 Å². The van der Waals surface area contributed by atoms with E-state index in [1.165, 1.54) is 34.6 Å². The molecule has 1 N–H and O–H groups in total. The number of nitrogens with zero attached hydrogens (tertiary/aromatic N) is 1. The van der Waals surface area contributed by atoms with Crippen molar-refractivity contribution in [3.8, 4) is 0 Å². The van der Waals surface area contributed by atoms with E-state index in [0.29, 0.717) is 5.54 Å². The van der Waals surface area contributed by atoms with Gasteiger partial charge in [-0.3, -0.25) is 4.90 Å². The maximum absolute atomic E-state index is 5.54. The molecule has 0 aliphatic carbocycles. The van der Waals surface area contributed by atoms with Crippen LogP contribution in [0.5, 0.6) is 0 Å². The Bertz CT molecular complexity index is 474. The molecule has 0 spiro atoms. The predicted molar refractivity (Wildman–Crippen MR) is 94.7 cm³/mol. The van der Waals surface area contributed by atoms with E-state index in [9.17, 15) is 0 Å². The normalized spacial score (nSPS) is 26.5. The van der Waals surface area contributed by atoms with Crippen LogP contribution in [0.4, 0.5) is 0 Å². The van der Waals surface area contributed by atoms with E-state index in [2.05, 4.69) is 54.0 Å². The summed E-state index contributed by atoms with van der Waals surface area (Å²) in [7, 11) is 0. The first kappa shape index (κ1) is 16.3. The van der Waals surface area contributed by atoms with Crippen molar-refractivity contribution in [2.24, 2.45) is 0 Å². The lowest BCUT2D eigenvalue weighted by molar-refractivity contribution is -0.0134. The molecule has 4 heteroatoms. The highest BCUT2D eigenvalue weighted by atomic mass is 32.2. The van der Waals surface area contributed by atoms with Crippen LogP contribution >= 0.6 is 11.8 Å². The fourth-order valence-electron chi connectivity index (χ4n) is 3.75. The van der Waals surface area contributed by atoms with Crippen LogP contribution in [0, 0.1) is 13.8 Å². The van der Waals surface area contributed by atoms with Crippen molar-refractivity contribution >= 4 is 11.8 Å². The van der Waals surface area contributed by atoms with Crippen molar-refractivity contribution in [2.45, 2.75) is 32.4 Å². The van der Waals surface area contributed by atoms with Crippen molar-refractivity contribution in [3.63, 3.8) is 0 Å². The number of ether oxygens (including phenoxy) is 1. The van der Waals surface area contributed by atoms with E-state index < -0.39 is 0 Å². The standard InChI is InChI=1S/C18H28N2OS/c1-15-9-16(2)11-17(10-15)12-19-13-18(3-8-22-14-18)20-4-6-21-7-5-20/h9-11,19H,3-8,12-14H2,1-2H3. The van der Waals surface area contributed by atoms with Crippen LogP contribution in [0.15, 0.2) is 18.2 Å². The number of nitrogens with one attached hydrogen (secondary N) is 1. The van der Waals surface area contributed by atoms with Gasteiger partial charge >= 0.3 is 0 Å². The number of rotatable bonds is 5. The molecule has 0 radical (unpaired) electrons. The molecule has 1 unspecified atom stereocenters. The van der Waals surface area contributed by atoms with Crippen molar-refractivity contribution in [3.05, 3.63) is 34.9 Å². The number of hydrogen-bond donors (Lipinski definition) is 1. The lowest BCUT2D eigenvalue weighted by atomic mass is 9.95. The van der Waals surface area contributed by atoms with Crippen LogP contribution < -0.4 is 5.32 Å². The van der Waals surface area contributed by atoms with Crippen molar-refractivity contribution in [1.82, 2.24) is 10.2 Å². The van der Waals surface area contributed by atoms with Crippen LogP contribution in [-0.4, -0.2) is 54.8 Å². The quantitative estimate of drug-likeness (QED) is 0.901. The molecular weight excluding hydrogens is 292 g/mol. The maximum atomic E-state index is 5.54. The summed E-state index contributed by atoms with van der Waals surface area (Å²) >= 11 is 2.10. The Morgan fingerprint density at radius 1 is 1.18 bits per heavy atom. The summed E-state index contributed by atoms with van der Waals surface area (Å²) in [6.07, 6.45) is 1.30. The molecule has 2 heterocycles. The Labute approximate surface area is 138 Å². The lowest BCUT2D eigenvalue weighted by Gasteiger charge is -2.43. The molecule has 1 aromatic carbocycles. The highest BCUT2D eigenvalue weighted by molar-refractivity contribution is 7.99. The summed E-state index contributed by atoms with van der Waals surface area (Å²) in [6, 6.07) is 6.84. The molecule has 3 nitrogen and oxygen atoms in total. The van der Waals surface area contributed by atoms with E-state index in [1.807, 2.05) is 0 Å². The Morgan fingerprint density at radius 3 is 2.55 bits per heavy atom. The minimum Gasteiger partial charge on any atom is -0.379 e. The molecule has 22 heavy (non-hydrogen) atoms. The van der Waals surface area contributed by atoms with E-state index in [-0.39, 0.29) is 0 Å². The molecule has 2 saturated heterocycles. The lowest BCUT2D eigenvalue weighted by Crippen LogP contribution is -2.58. The zero-order chi connectivity index (χ0) is 15.4. The third-order valence-corrected chi connectivity index (χ3v) is 6.06. The zero-order valence-electron chi connectivity index (χ0n) is 13.9. The molecule has 0 aromatic heterocycles. The molecule has 3 rings (SSSR count). The molecule has 2 aliphatic heterocycles. The van der Waals surface area contributed by atoms with Gasteiger partial charge in [0.2, 0.25) is 0 Å². The van der Waals surface area contributed by atoms with Crippen LogP contribution in [0.1, 0.15) is 23.1 Å². The second-order valence-corrected chi connectivity index (χ2v) is 7.83. The largest absolute Gasteiger partial charge is 0.379 e. The van der Waals surface area contributed by atoms with Gasteiger partial charge in [0, 0.05) is 37.5 Å². The van der Waals surface area contributed by atoms with Gasteiger partial charge in [0.25, 0.3) is 0 Å². The van der Waals surface area contributed by atoms with Gasteiger partial charge in [0.15, 0.2) is 0 Å². The van der Waals surface area contributed by atoms with E-state index >= 15 is 0 Å². The van der Waals surface area contributed by atoms with Crippen molar-refractivity contribution in [2.75, 3.05) is 44.4 Å². The second kappa shape index (κ2) is 7.35. The van der Waals surface area contributed by atoms with Crippen molar-refractivity contribution in [1.29, 1.82) is 0 Å². The Kier molecular flexibility index (Phi) is 5.45. The highest BCUT2D eigenvalue weighted by Crippen LogP contribution is 2.33. The number of hydrogen-bond acceptors (Lipinski definition) is 4. The summed E-state index contributed by atoms with van der Waals surface area (Å²) in [5.74, 6) is 2.55.